The van der Waals surface area contributed by atoms with E-state index < -0.39 is 12.3 Å². The van der Waals surface area contributed by atoms with Crippen LogP contribution >= 0.6 is 0 Å². The molecule has 0 aromatic heterocycles. The second-order valence-electron chi connectivity index (χ2n) is 5.81. The topological polar surface area (TPSA) is 49.8 Å². The van der Waals surface area contributed by atoms with Crippen LogP contribution in [0.5, 0.6) is 0 Å². The lowest BCUT2D eigenvalue weighted by molar-refractivity contribution is -0.00475. The van der Waals surface area contributed by atoms with Gasteiger partial charge in [0.25, 0.3) is 0 Å². The molecule has 1 aromatic carbocycles. The number of carbonyl (C=O) groups excluding carboxylic acids is 1. The zero-order valence-corrected chi connectivity index (χ0v) is 11.6. The highest BCUT2D eigenvalue weighted by Gasteiger charge is 2.44. The largest absolute Gasteiger partial charge is 0.444 e. The molecule has 0 unspecified atom stereocenters. The fraction of sp³-hybridized carbons (Fsp3) is 0.562. The fourth-order valence-corrected chi connectivity index (χ4v) is 3.43. The molecule has 20 heavy (non-hydrogen) atoms. The number of fused-ring (bicyclic) bond motifs is 1. The molecule has 4 nitrogen and oxygen atoms in total. The van der Waals surface area contributed by atoms with E-state index in [4.69, 9.17) is 4.74 Å². The number of hydrogen-bond donors (Lipinski definition) is 1. The van der Waals surface area contributed by atoms with Gasteiger partial charge in [0.15, 0.2) is 0 Å². The molecule has 3 rings (SSSR count). The van der Waals surface area contributed by atoms with Crippen molar-refractivity contribution in [2.45, 2.75) is 38.5 Å². The first-order chi connectivity index (χ1) is 9.75. The highest BCUT2D eigenvalue weighted by molar-refractivity contribution is 5.68. The molecular weight excluding hydrogens is 254 g/mol. The molecule has 0 bridgehead atoms. The van der Waals surface area contributed by atoms with Gasteiger partial charge in [0.2, 0.25) is 0 Å². The Labute approximate surface area is 119 Å². The molecule has 1 N–H and O–H groups in total. The first-order valence-corrected chi connectivity index (χ1v) is 7.41. The Morgan fingerprint density at radius 1 is 1.25 bits per heavy atom. The molecule has 1 aliphatic heterocycles. The Bertz CT molecular complexity index is 462. The van der Waals surface area contributed by atoms with Crippen molar-refractivity contribution in [1.82, 2.24) is 4.90 Å². The molecule has 1 aliphatic carbocycles. The molecule has 1 aromatic rings. The highest BCUT2D eigenvalue weighted by Crippen LogP contribution is 2.39. The first kappa shape index (κ1) is 13.4. The van der Waals surface area contributed by atoms with Crippen LogP contribution in [0.2, 0.25) is 0 Å². The molecule has 108 valence electrons. The van der Waals surface area contributed by atoms with Crippen molar-refractivity contribution in [2.75, 3.05) is 6.54 Å². The summed E-state index contributed by atoms with van der Waals surface area (Å²) in [6.45, 7) is 0.900. The molecule has 0 spiro atoms. The van der Waals surface area contributed by atoms with E-state index >= 15 is 0 Å². The summed E-state index contributed by atoms with van der Waals surface area (Å²) in [6.07, 6.45) is 3.45. The van der Waals surface area contributed by atoms with E-state index in [2.05, 4.69) is 0 Å². The molecule has 0 radical (unpaired) electrons. The molecular formula is C16H21NO3. The minimum absolute atomic E-state index is 0.244. The van der Waals surface area contributed by atoms with Gasteiger partial charge in [0.1, 0.15) is 12.8 Å². The number of aliphatic hydroxyl groups excluding tert-OH is 1. The van der Waals surface area contributed by atoms with Crippen LogP contribution in [-0.4, -0.2) is 28.9 Å². The van der Waals surface area contributed by atoms with Gasteiger partial charge in [-0.05, 0) is 24.3 Å². The average molecular weight is 275 g/mol. The van der Waals surface area contributed by atoms with Crippen LogP contribution in [0, 0.1) is 11.8 Å². The van der Waals surface area contributed by atoms with Crippen molar-refractivity contribution in [3.63, 3.8) is 0 Å². The van der Waals surface area contributed by atoms with Gasteiger partial charge in [-0.1, -0.05) is 43.2 Å². The summed E-state index contributed by atoms with van der Waals surface area (Å²) in [7, 11) is 0. The summed E-state index contributed by atoms with van der Waals surface area (Å²) < 4.78 is 5.32. The van der Waals surface area contributed by atoms with Crippen molar-refractivity contribution in [1.29, 1.82) is 0 Å². The molecule has 1 saturated carbocycles. The zero-order chi connectivity index (χ0) is 13.9. The van der Waals surface area contributed by atoms with Crippen LogP contribution in [0.15, 0.2) is 30.3 Å². The Kier molecular flexibility index (Phi) is 3.92. The Hall–Kier alpha value is -1.55. The van der Waals surface area contributed by atoms with E-state index in [0.717, 1.165) is 24.8 Å². The molecule has 1 saturated heterocycles. The van der Waals surface area contributed by atoms with Crippen molar-refractivity contribution in [3.8, 4) is 0 Å². The Morgan fingerprint density at radius 2 is 2.00 bits per heavy atom. The van der Waals surface area contributed by atoms with Crippen molar-refractivity contribution < 1.29 is 14.6 Å². The molecule has 4 heteroatoms. The maximum Gasteiger partial charge on any atom is 0.412 e. The van der Waals surface area contributed by atoms with Gasteiger partial charge in [0, 0.05) is 12.5 Å². The maximum atomic E-state index is 12.1. The lowest BCUT2D eigenvalue weighted by Gasteiger charge is -2.26. The molecule has 1 heterocycles. The summed E-state index contributed by atoms with van der Waals surface area (Å²) in [6, 6.07) is 9.62. The number of hydrogen-bond acceptors (Lipinski definition) is 3. The van der Waals surface area contributed by atoms with Gasteiger partial charge in [-0.25, -0.2) is 4.79 Å². The molecule has 1 amide bonds. The minimum atomic E-state index is -0.663. The van der Waals surface area contributed by atoms with E-state index in [1.54, 1.807) is 0 Å². The number of benzene rings is 1. The number of carbonyl (C=O) groups is 1. The first-order valence-electron chi connectivity index (χ1n) is 7.41. The third-order valence-corrected chi connectivity index (χ3v) is 4.54. The van der Waals surface area contributed by atoms with E-state index in [-0.39, 0.29) is 12.5 Å². The van der Waals surface area contributed by atoms with Crippen LogP contribution in [0.1, 0.15) is 31.2 Å². The lowest BCUT2D eigenvalue weighted by Crippen LogP contribution is -2.38. The normalized spacial score (nSPS) is 29.1. The molecule has 2 fully saturated rings. The van der Waals surface area contributed by atoms with Gasteiger partial charge in [-0.3, -0.25) is 4.90 Å². The lowest BCUT2D eigenvalue weighted by atomic mass is 9.81. The van der Waals surface area contributed by atoms with Gasteiger partial charge in [-0.15, -0.1) is 0 Å². The number of rotatable bonds is 2. The molecule has 3 atom stereocenters. The number of ether oxygens (including phenoxy) is 1. The van der Waals surface area contributed by atoms with Crippen LogP contribution in [0.25, 0.3) is 0 Å². The standard InChI is InChI=1S/C16H21NO3/c18-15-14-9-5-4-8-13(14)10-17(15)16(19)20-11-12-6-2-1-3-7-12/h1-3,6-7,13-15,18H,4-5,8-11H2/t13-,14-,15+/m1/s1. The molecule has 2 aliphatic rings. The summed E-state index contributed by atoms with van der Waals surface area (Å²) in [5, 5.41) is 10.3. The SMILES string of the molecule is O=C(OCc1ccccc1)N1C[C@H]2CCCC[C@H]2[C@@H]1O. The number of nitrogens with zero attached hydrogens (tertiary/aromatic N) is 1. The smallest absolute Gasteiger partial charge is 0.412 e. The van der Waals surface area contributed by atoms with Gasteiger partial charge >= 0.3 is 6.09 Å². The highest BCUT2D eigenvalue weighted by atomic mass is 16.6. The summed E-state index contributed by atoms with van der Waals surface area (Å²) >= 11 is 0. The Morgan fingerprint density at radius 3 is 2.75 bits per heavy atom. The van der Waals surface area contributed by atoms with Crippen LogP contribution in [0.3, 0.4) is 0 Å². The summed E-state index contributed by atoms with van der Waals surface area (Å²) in [5.41, 5.74) is 0.965. The maximum absolute atomic E-state index is 12.1. The predicted octanol–water partition coefficient (Wildman–Crippen LogP) is 2.76. The number of amides is 1. The van der Waals surface area contributed by atoms with E-state index in [1.807, 2.05) is 30.3 Å². The van der Waals surface area contributed by atoms with Crippen molar-refractivity contribution in [3.05, 3.63) is 35.9 Å². The predicted molar refractivity (Wildman–Crippen MR) is 74.8 cm³/mol. The third-order valence-electron chi connectivity index (χ3n) is 4.54. The van der Waals surface area contributed by atoms with Crippen molar-refractivity contribution in [2.24, 2.45) is 11.8 Å². The number of aliphatic hydroxyl groups is 1. The van der Waals surface area contributed by atoms with Crippen LogP contribution in [-0.2, 0) is 11.3 Å². The second kappa shape index (κ2) is 5.83. The second-order valence-corrected chi connectivity index (χ2v) is 5.81. The van der Waals surface area contributed by atoms with Crippen LogP contribution in [0.4, 0.5) is 4.79 Å². The zero-order valence-electron chi connectivity index (χ0n) is 11.6. The van der Waals surface area contributed by atoms with E-state index in [0.29, 0.717) is 12.5 Å². The Balaban J connectivity index is 1.57. The average Bonchev–Trinajstić information content (AvgIpc) is 2.84. The summed E-state index contributed by atoms with van der Waals surface area (Å²) in [4.78, 5) is 13.6. The van der Waals surface area contributed by atoms with E-state index in [1.165, 1.54) is 11.3 Å². The third kappa shape index (κ3) is 2.66. The number of likely N-dealkylation sites (tertiary alicyclic amines) is 1. The van der Waals surface area contributed by atoms with Crippen LogP contribution < -0.4 is 0 Å². The summed E-state index contributed by atoms with van der Waals surface area (Å²) in [5.74, 6) is 0.691. The minimum Gasteiger partial charge on any atom is -0.444 e. The van der Waals surface area contributed by atoms with E-state index in [9.17, 15) is 9.90 Å². The van der Waals surface area contributed by atoms with Gasteiger partial charge in [0.05, 0.1) is 0 Å². The fourth-order valence-electron chi connectivity index (χ4n) is 3.43. The monoisotopic (exact) mass is 275 g/mol. The van der Waals surface area contributed by atoms with Gasteiger partial charge in [-0.2, -0.15) is 0 Å². The quantitative estimate of drug-likeness (QED) is 0.903. The van der Waals surface area contributed by atoms with Crippen molar-refractivity contribution >= 4 is 6.09 Å². The van der Waals surface area contributed by atoms with Gasteiger partial charge < -0.3 is 9.84 Å².